The summed E-state index contributed by atoms with van der Waals surface area (Å²) in [4.78, 5) is 25.2. The Bertz CT molecular complexity index is 457. The van der Waals surface area contributed by atoms with Crippen molar-refractivity contribution in [3.8, 4) is 0 Å². The van der Waals surface area contributed by atoms with Crippen LogP contribution in [0.5, 0.6) is 0 Å². The highest BCUT2D eigenvalue weighted by atomic mass is 35.5. The van der Waals surface area contributed by atoms with Gasteiger partial charge in [-0.3, -0.25) is 9.59 Å². The Morgan fingerprint density at radius 3 is 2.60 bits per heavy atom. The molecule has 0 saturated carbocycles. The number of aromatic amines is 1. The third-order valence-corrected chi connectivity index (χ3v) is 3.58. The zero-order chi connectivity index (χ0) is 15.1. The van der Waals surface area contributed by atoms with Crippen molar-refractivity contribution in [3.05, 3.63) is 23.0 Å². The maximum atomic E-state index is 11.8. The SMILES string of the molecule is CC(C)C(CCNC(=O)c1cc(Cl)c[nH]1)CCC(=O)O. The van der Waals surface area contributed by atoms with Crippen molar-refractivity contribution < 1.29 is 14.7 Å². The molecule has 1 atom stereocenters. The minimum absolute atomic E-state index is 0.170. The van der Waals surface area contributed by atoms with Crippen molar-refractivity contribution >= 4 is 23.5 Å². The average molecular weight is 301 g/mol. The number of carboxylic acids is 1. The van der Waals surface area contributed by atoms with Crippen LogP contribution in [0.25, 0.3) is 0 Å². The predicted octanol–water partition coefficient (Wildman–Crippen LogP) is 2.93. The van der Waals surface area contributed by atoms with E-state index < -0.39 is 5.97 Å². The molecule has 0 radical (unpaired) electrons. The van der Waals surface area contributed by atoms with Gasteiger partial charge in [0.25, 0.3) is 5.91 Å². The van der Waals surface area contributed by atoms with E-state index in [0.29, 0.717) is 35.5 Å². The summed E-state index contributed by atoms with van der Waals surface area (Å²) in [6.07, 6.45) is 3.13. The van der Waals surface area contributed by atoms with Crippen molar-refractivity contribution in [2.75, 3.05) is 6.54 Å². The van der Waals surface area contributed by atoms with Gasteiger partial charge in [-0.1, -0.05) is 25.4 Å². The van der Waals surface area contributed by atoms with Gasteiger partial charge < -0.3 is 15.4 Å². The lowest BCUT2D eigenvalue weighted by Gasteiger charge is -2.20. The average Bonchev–Trinajstić information content (AvgIpc) is 2.79. The van der Waals surface area contributed by atoms with E-state index in [4.69, 9.17) is 16.7 Å². The summed E-state index contributed by atoms with van der Waals surface area (Å²) < 4.78 is 0. The van der Waals surface area contributed by atoms with Gasteiger partial charge in [0.15, 0.2) is 0 Å². The smallest absolute Gasteiger partial charge is 0.303 e. The molecule has 1 amide bonds. The molecule has 0 aliphatic rings. The summed E-state index contributed by atoms with van der Waals surface area (Å²) in [6.45, 7) is 4.66. The lowest BCUT2D eigenvalue weighted by Crippen LogP contribution is -2.27. The largest absolute Gasteiger partial charge is 0.481 e. The number of halogens is 1. The Kier molecular flexibility index (Phi) is 6.58. The van der Waals surface area contributed by atoms with Gasteiger partial charge in [0.05, 0.1) is 5.02 Å². The molecule has 20 heavy (non-hydrogen) atoms. The Morgan fingerprint density at radius 2 is 2.10 bits per heavy atom. The third kappa shape index (κ3) is 5.65. The molecule has 1 rings (SSSR count). The second-order valence-corrected chi connectivity index (χ2v) is 5.65. The number of nitrogens with one attached hydrogen (secondary N) is 2. The van der Waals surface area contributed by atoms with E-state index >= 15 is 0 Å². The van der Waals surface area contributed by atoms with Gasteiger partial charge in [-0.2, -0.15) is 0 Å². The molecular weight excluding hydrogens is 280 g/mol. The number of H-pyrrole nitrogens is 1. The van der Waals surface area contributed by atoms with E-state index in [-0.39, 0.29) is 12.3 Å². The zero-order valence-corrected chi connectivity index (χ0v) is 12.5. The highest BCUT2D eigenvalue weighted by Crippen LogP contribution is 2.20. The summed E-state index contributed by atoms with van der Waals surface area (Å²) in [5.74, 6) is -0.289. The standard InChI is InChI=1S/C14H21ClN2O3/c1-9(2)10(3-4-13(18)19)5-6-16-14(20)12-7-11(15)8-17-12/h7-10,17H,3-6H2,1-2H3,(H,16,20)(H,18,19). The number of amides is 1. The Hall–Kier alpha value is -1.49. The third-order valence-electron chi connectivity index (χ3n) is 3.36. The first-order valence-corrected chi connectivity index (χ1v) is 7.12. The maximum absolute atomic E-state index is 11.8. The van der Waals surface area contributed by atoms with E-state index in [9.17, 15) is 9.59 Å². The van der Waals surface area contributed by atoms with Gasteiger partial charge in [0.1, 0.15) is 5.69 Å². The van der Waals surface area contributed by atoms with Crippen LogP contribution in [0, 0.1) is 11.8 Å². The lowest BCUT2D eigenvalue weighted by molar-refractivity contribution is -0.137. The number of aromatic nitrogens is 1. The highest BCUT2D eigenvalue weighted by molar-refractivity contribution is 6.30. The Morgan fingerprint density at radius 1 is 1.40 bits per heavy atom. The molecule has 0 aromatic carbocycles. The minimum Gasteiger partial charge on any atom is -0.481 e. The van der Waals surface area contributed by atoms with Crippen LogP contribution >= 0.6 is 11.6 Å². The number of carboxylic acid groups (broad SMARTS) is 1. The summed E-state index contributed by atoms with van der Waals surface area (Å²) >= 11 is 5.73. The number of aliphatic carboxylic acids is 1. The van der Waals surface area contributed by atoms with Crippen molar-refractivity contribution in [2.24, 2.45) is 11.8 Å². The van der Waals surface area contributed by atoms with Gasteiger partial charge in [-0.15, -0.1) is 0 Å². The van der Waals surface area contributed by atoms with Crippen molar-refractivity contribution in [1.29, 1.82) is 0 Å². The highest BCUT2D eigenvalue weighted by Gasteiger charge is 2.15. The van der Waals surface area contributed by atoms with Crippen LogP contribution in [0.2, 0.25) is 5.02 Å². The molecule has 0 fully saturated rings. The van der Waals surface area contributed by atoms with Crippen molar-refractivity contribution in [1.82, 2.24) is 10.3 Å². The molecule has 0 aliphatic heterocycles. The van der Waals surface area contributed by atoms with Gasteiger partial charge in [-0.05, 0) is 30.7 Å². The van der Waals surface area contributed by atoms with Crippen LogP contribution in [0.3, 0.4) is 0 Å². The van der Waals surface area contributed by atoms with Gasteiger partial charge in [-0.25, -0.2) is 0 Å². The molecule has 112 valence electrons. The lowest BCUT2D eigenvalue weighted by atomic mass is 9.88. The van der Waals surface area contributed by atoms with Gasteiger partial charge in [0, 0.05) is 19.2 Å². The Labute approximate surface area is 123 Å². The monoisotopic (exact) mass is 300 g/mol. The first-order chi connectivity index (χ1) is 9.40. The molecule has 0 aliphatic carbocycles. The molecule has 1 aromatic heterocycles. The van der Waals surface area contributed by atoms with E-state index in [2.05, 4.69) is 24.1 Å². The van der Waals surface area contributed by atoms with Crippen LogP contribution in [0.15, 0.2) is 12.3 Å². The Balaban J connectivity index is 2.36. The molecule has 0 bridgehead atoms. The topological polar surface area (TPSA) is 82.2 Å². The molecule has 0 saturated heterocycles. The summed E-state index contributed by atoms with van der Waals surface area (Å²) in [6, 6.07) is 1.57. The van der Waals surface area contributed by atoms with Crippen LogP contribution in [-0.4, -0.2) is 28.5 Å². The predicted molar refractivity (Wildman–Crippen MR) is 78.0 cm³/mol. The van der Waals surface area contributed by atoms with Gasteiger partial charge in [0.2, 0.25) is 0 Å². The quantitative estimate of drug-likeness (QED) is 0.690. The first kappa shape index (κ1) is 16.6. The second-order valence-electron chi connectivity index (χ2n) is 5.21. The van der Waals surface area contributed by atoms with E-state index in [1.807, 2.05) is 0 Å². The number of carbonyl (C=O) groups is 2. The fraction of sp³-hybridized carbons (Fsp3) is 0.571. The molecule has 1 unspecified atom stereocenters. The summed E-state index contributed by atoms with van der Waals surface area (Å²) in [7, 11) is 0. The van der Waals surface area contributed by atoms with Crippen LogP contribution < -0.4 is 5.32 Å². The molecule has 6 heteroatoms. The maximum Gasteiger partial charge on any atom is 0.303 e. The zero-order valence-electron chi connectivity index (χ0n) is 11.8. The second kappa shape index (κ2) is 7.94. The molecule has 3 N–H and O–H groups in total. The first-order valence-electron chi connectivity index (χ1n) is 6.74. The van der Waals surface area contributed by atoms with Crippen molar-refractivity contribution in [3.63, 3.8) is 0 Å². The number of carbonyl (C=O) groups excluding carboxylic acids is 1. The summed E-state index contributed by atoms with van der Waals surface area (Å²) in [5.41, 5.74) is 0.432. The normalized spacial score (nSPS) is 12.4. The number of rotatable bonds is 8. The molecular formula is C14H21ClN2O3. The van der Waals surface area contributed by atoms with Crippen LogP contribution in [0.1, 0.15) is 43.6 Å². The summed E-state index contributed by atoms with van der Waals surface area (Å²) in [5, 5.41) is 12.0. The fourth-order valence-corrected chi connectivity index (χ4v) is 2.25. The molecule has 5 nitrogen and oxygen atoms in total. The van der Waals surface area contributed by atoms with E-state index in [0.717, 1.165) is 6.42 Å². The minimum atomic E-state index is -0.777. The van der Waals surface area contributed by atoms with E-state index in [1.165, 1.54) is 0 Å². The molecule has 1 aromatic rings. The number of hydrogen-bond donors (Lipinski definition) is 3. The molecule has 0 spiro atoms. The fourth-order valence-electron chi connectivity index (χ4n) is 2.09. The van der Waals surface area contributed by atoms with Gasteiger partial charge >= 0.3 is 5.97 Å². The van der Waals surface area contributed by atoms with Crippen molar-refractivity contribution in [2.45, 2.75) is 33.1 Å². The number of hydrogen-bond acceptors (Lipinski definition) is 2. The molecule has 1 heterocycles. The van der Waals surface area contributed by atoms with Crippen LogP contribution in [-0.2, 0) is 4.79 Å². The van der Waals surface area contributed by atoms with Crippen LogP contribution in [0.4, 0.5) is 0 Å². The van der Waals surface area contributed by atoms with E-state index in [1.54, 1.807) is 12.3 Å².